The Morgan fingerprint density at radius 1 is 1.14 bits per heavy atom. The van der Waals surface area contributed by atoms with Crippen molar-refractivity contribution in [1.29, 1.82) is 0 Å². The minimum absolute atomic E-state index is 0.416. The van der Waals surface area contributed by atoms with Gasteiger partial charge in [0, 0.05) is 29.6 Å². The van der Waals surface area contributed by atoms with E-state index < -0.39 is 0 Å². The fourth-order valence-corrected chi connectivity index (χ4v) is 3.26. The third kappa shape index (κ3) is 6.50. The van der Waals surface area contributed by atoms with Crippen LogP contribution in [0.2, 0.25) is 0 Å². The summed E-state index contributed by atoms with van der Waals surface area (Å²) >= 11 is 3.69. The molecule has 1 rings (SSSR count). The molecule has 0 aliphatic rings. The summed E-state index contributed by atoms with van der Waals surface area (Å²) in [5, 5.41) is 3.63. The topological polar surface area (TPSA) is 15.3 Å². The fraction of sp³-hybridized carbons (Fsp3) is 0.667. The Morgan fingerprint density at radius 2 is 1.81 bits per heavy atom. The Morgan fingerprint density at radius 3 is 2.33 bits per heavy atom. The highest BCUT2D eigenvalue weighted by atomic mass is 79.9. The first kappa shape index (κ1) is 18.7. The fourth-order valence-electron chi connectivity index (χ4n) is 2.70. The predicted octanol–water partition coefficient (Wildman–Crippen LogP) is 4.86. The summed E-state index contributed by atoms with van der Waals surface area (Å²) in [5.74, 6) is 0.716. The lowest BCUT2D eigenvalue weighted by molar-refractivity contribution is 0.187. The van der Waals surface area contributed by atoms with E-state index in [1.54, 1.807) is 0 Å². The summed E-state index contributed by atoms with van der Waals surface area (Å²) in [7, 11) is 0. The van der Waals surface area contributed by atoms with Gasteiger partial charge < -0.3 is 10.2 Å². The van der Waals surface area contributed by atoms with E-state index in [0.29, 0.717) is 18.0 Å². The number of halogens is 1. The zero-order chi connectivity index (χ0) is 15.8. The average Bonchev–Trinajstić information content (AvgIpc) is 2.42. The van der Waals surface area contributed by atoms with Crippen molar-refractivity contribution in [2.45, 2.75) is 53.1 Å². The van der Waals surface area contributed by atoms with Crippen LogP contribution in [0, 0.1) is 5.92 Å². The van der Waals surface area contributed by atoms with Gasteiger partial charge in [-0.2, -0.15) is 0 Å². The van der Waals surface area contributed by atoms with E-state index >= 15 is 0 Å². The molecule has 120 valence electrons. The molecule has 0 heterocycles. The molecule has 0 fully saturated rings. The molecule has 0 saturated heterocycles. The van der Waals surface area contributed by atoms with Crippen molar-refractivity contribution in [2.24, 2.45) is 5.92 Å². The monoisotopic (exact) mass is 354 g/mol. The largest absolute Gasteiger partial charge is 0.310 e. The molecule has 1 atom stereocenters. The van der Waals surface area contributed by atoms with Gasteiger partial charge in [-0.3, -0.25) is 0 Å². The summed E-state index contributed by atoms with van der Waals surface area (Å²) in [4.78, 5) is 2.59. The Labute approximate surface area is 139 Å². The Kier molecular flexibility index (Phi) is 8.53. The lowest BCUT2D eigenvalue weighted by atomic mass is 10.0. The number of rotatable bonds is 9. The van der Waals surface area contributed by atoms with Crippen molar-refractivity contribution in [3.05, 3.63) is 34.3 Å². The molecule has 1 aromatic carbocycles. The van der Waals surface area contributed by atoms with E-state index in [-0.39, 0.29) is 0 Å². The van der Waals surface area contributed by atoms with Crippen molar-refractivity contribution < 1.29 is 0 Å². The summed E-state index contributed by atoms with van der Waals surface area (Å²) in [6.45, 7) is 14.7. The van der Waals surface area contributed by atoms with Gasteiger partial charge >= 0.3 is 0 Å². The molecule has 0 bridgehead atoms. The van der Waals surface area contributed by atoms with Gasteiger partial charge in [0.1, 0.15) is 0 Å². The zero-order valence-corrected chi connectivity index (χ0v) is 15.8. The van der Waals surface area contributed by atoms with Crippen molar-refractivity contribution in [2.75, 3.05) is 19.6 Å². The highest BCUT2D eigenvalue weighted by Gasteiger charge is 2.17. The van der Waals surface area contributed by atoms with Crippen LogP contribution in [0.15, 0.2) is 28.7 Å². The van der Waals surface area contributed by atoms with Gasteiger partial charge in [0.25, 0.3) is 0 Å². The summed E-state index contributed by atoms with van der Waals surface area (Å²) in [5.41, 5.74) is 1.37. The van der Waals surface area contributed by atoms with Gasteiger partial charge in [0.2, 0.25) is 0 Å². The van der Waals surface area contributed by atoms with Crippen LogP contribution in [-0.4, -0.2) is 30.6 Å². The lowest BCUT2D eigenvalue weighted by Gasteiger charge is -2.30. The SMILES string of the molecule is CCNC(CCN(CC(C)C)C(C)C)c1ccccc1Br. The van der Waals surface area contributed by atoms with Crippen LogP contribution in [0.5, 0.6) is 0 Å². The van der Waals surface area contributed by atoms with Crippen LogP contribution in [0.4, 0.5) is 0 Å². The standard InChI is InChI=1S/C18H31BrN2/c1-6-20-18(16-9-7-8-10-17(16)19)11-12-21(15(4)5)13-14(2)3/h7-10,14-15,18,20H,6,11-13H2,1-5H3. The summed E-state index contributed by atoms with van der Waals surface area (Å²) in [6.07, 6.45) is 1.14. The molecule has 1 unspecified atom stereocenters. The molecule has 0 aliphatic carbocycles. The molecular formula is C18H31BrN2. The second-order valence-electron chi connectivity index (χ2n) is 6.40. The van der Waals surface area contributed by atoms with Gasteiger partial charge in [-0.15, -0.1) is 0 Å². The number of nitrogens with zero attached hydrogens (tertiary/aromatic N) is 1. The third-order valence-corrected chi connectivity index (χ3v) is 4.49. The van der Waals surface area contributed by atoms with Crippen molar-refractivity contribution in [3.63, 3.8) is 0 Å². The minimum atomic E-state index is 0.416. The van der Waals surface area contributed by atoms with E-state index in [4.69, 9.17) is 0 Å². The Hall–Kier alpha value is -0.380. The molecule has 21 heavy (non-hydrogen) atoms. The molecule has 0 spiro atoms. The van der Waals surface area contributed by atoms with Gasteiger partial charge in [0.05, 0.1) is 0 Å². The second kappa shape index (κ2) is 9.60. The maximum absolute atomic E-state index is 3.69. The maximum Gasteiger partial charge on any atom is 0.0343 e. The zero-order valence-electron chi connectivity index (χ0n) is 14.2. The third-order valence-electron chi connectivity index (χ3n) is 3.77. The molecule has 2 nitrogen and oxygen atoms in total. The van der Waals surface area contributed by atoms with E-state index in [1.807, 2.05) is 0 Å². The first-order valence-electron chi connectivity index (χ1n) is 8.17. The lowest BCUT2D eigenvalue weighted by Crippen LogP contribution is -2.37. The first-order valence-corrected chi connectivity index (χ1v) is 8.96. The maximum atomic E-state index is 3.69. The van der Waals surface area contributed by atoms with Gasteiger partial charge in [-0.05, 0) is 44.4 Å². The minimum Gasteiger partial charge on any atom is -0.310 e. The molecule has 1 N–H and O–H groups in total. The summed E-state index contributed by atoms with van der Waals surface area (Å²) < 4.78 is 1.20. The Balaban J connectivity index is 2.72. The van der Waals surface area contributed by atoms with Crippen LogP contribution >= 0.6 is 15.9 Å². The van der Waals surface area contributed by atoms with Crippen molar-refractivity contribution >= 4 is 15.9 Å². The molecule has 0 radical (unpaired) electrons. The molecule has 0 aliphatic heterocycles. The van der Waals surface area contributed by atoms with Crippen LogP contribution in [0.3, 0.4) is 0 Å². The molecular weight excluding hydrogens is 324 g/mol. The normalized spacial score (nSPS) is 13.4. The van der Waals surface area contributed by atoms with E-state index in [9.17, 15) is 0 Å². The van der Waals surface area contributed by atoms with E-state index in [2.05, 4.69) is 85.0 Å². The van der Waals surface area contributed by atoms with Crippen molar-refractivity contribution in [3.8, 4) is 0 Å². The number of hydrogen-bond donors (Lipinski definition) is 1. The van der Waals surface area contributed by atoms with Gasteiger partial charge in [-0.1, -0.05) is 54.9 Å². The van der Waals surface area contributed by atoms with Crippen LogP contribution in [0.25, 0.3) is 0 Å². The van der Waals surface area contributed by atoms with Crippen LogP contribution < -0.4 is 5.32 Å². The van der Waals surface area contributed by atoms with E-state index in [1.165, 1.54) is 16.6 Å². The quantitative estimate of drug-likeness (QED) is 0.681. The Bertz CT molecular complexity index is 404. The first-order chi connectivity index (χ1) is 9.95. The number of hydrogen-bond acceptors (Lipinski definition) is 2. The molecule has 0 saturated carbocycles. The molecule has 3 heteroatoms. The molecule has 0 aromatic heterocycles. The molecule has 1 aromatic rings. The van der Waals surface area contributed by atoms with Gasteiger partial charge in [-0.25, -0.2) is 0 Å². The predicted molar refractivity (Wildman–Crippen MR) is 96.7 cm³/mol. The second-order valence-corrected chi connectivity index (χ2v) is 7.26. The molecule has 0 amide bonds. The van der Waals surface area contributed by atoms with Gasteiger partial charge in [0.15, 0.2) is 0 Å². The number of benzene rings is 1. The smallest absolute Gasteiger partial charge is 0.0343 e. The van der Waals surface area contributed by atoms with E-state index in [0.717, 1.165) is 19.5 Å². The average molecular weight is 355 g/mol. The van der Waals surface area contributed by atoms with Crippen molar-refractivity contribution in [1.82, 2.24) is 10.2 Å². The van der Waals surface area contributed by atoms with Crippen LogP contribution in [0.1, 0.15) is 52.6 Å². The summed E-state index contributed by atoms with van der Waals surface area (Å²) in [6, 6.07) is 9.58. The van der Waals surface area contributed by atoms with Crippen LogP contribution in [-0.2, 0) is 0 Å². The highest BCUT2D eigenvalue weighted by Crippen LogP contribution is 2.26. The highest BCUT2D eigenvalue weighted by molar-refractivity contribution is 9.10. The number of nitrogens with one attached hydrogen (secondary N) is 1.